The summed E-state index contributed by atoms with van der Waals surface area (Å²) < 4.78 is 0. The van der Waals surface area contributed by atoms with Gasteiger partial charge in [-0.15, -0.1) is 0 Å². The summed E-state index contributed by atoms with van der Waals surface area (Å²) in [6, 6.07) is 10.6. The highest BCUT2D eigenvalue weighted by Gasteiger charge is 2.22. The van der Waals surface area contributed by atoms with Crippen LogP contribution >= 0.6 is 0 Å². The van der Waals surface area contributed by atoms with E-state index in [4.69, 9.17) is 0 Å². The van der Waals surface area contributed by atoms with Gasteiger partial charge in [-0.05, 0) is 56.8 Å². The summed E-state index contributed by atoms with van der Waals surface area (Å²) in [4.78, 5) is 2.54. The summed E-state index contributed by atoms with van der Waals surface area (Å²) in [5.41, 5.74) is 3.05. The Kier molecular flexibility index (Phi) is 4.19. The molecule has 0 bridgehead atoms. The van der Waals surface area contributed by atoms with Crippen molar-refractivity contribution in [2.24, 2.45) is 0 Å². The maximum absolute atomic E-state index is 3.62. The zero-order chi connectivity index (χ0) is 13.1. The summed E-state index contributed by atoms with van der Waals surface area (Å²) in [5, 5.41) is 3.62. The van der Waals surface area contributed by atoms with E-state index >= 15 is 0 Å². The lowest BCUT2D eigenvalue weighted by Gasteiger charge is -2.35. The largest absolute Gasteiger partial charge is 0.314 e. The van der Waals surface area contributed by atoms with Crippen LogP contribution in [-0.4, -0.2) is 30.6 Å². The lowest BCUT2D eigenvalue weighted by molar-refractivity contribution is 0.152. The molecule has 2 fully saturated rings. The average Bonchev–Trinajstić information content (AvgIpc) is 3.13. The van der Waals surface area contributed by atoms with Gasteiger partial charge in [0.15, 0.2) is 0 Å². The molecule has 0 aromatic heterocycles. The summed E-state index contributed by atoms with van der Waals surface area (Å²) in [7, 11) is 2.28. The summed E-state index contributed by atoms with van der Waals surface area (Å²) in [6.07, 6.45) is 8.13. The van der Waals surface area contributed by atoms with Gasteiger partial charge in [-0.2, -0.15) is 0 Å². The Morgan fingerprint density at radius 2 is 1.84 bits per heavy atom. The fraction of sp³-hybridized carbons (Fsp3) is 0.647. The minimum Gasteiger partial charge on any atom is -0.314 e. The van der Waals surface area contributed by atoms with Crippen LogP contribution in [0.25, 0.3) is 0 Å². The second-order valence-corrected chi connectivity index (χ2v) is 6.25. The molecule has 0 unspecified atom stereocenters. The Labute approximate surface area is 117 Å². The Morgan fingerprint density at radius 3 is 2.47 bits per heavy atom. The van der Waals surface area contributed by atoms with Crippen molar-refractivity contribution in [2.45, 2.75) is 57.2 Å². The van der Waals surface area contributed by atoms with Crippen LogP contribution in [-0.2, 0) is 13.0 Å². The predicted octanol–water partition coefficient (Wildman–Crippen LogP) is 2.97. The van der Waals surface area contributed by atoms with Crippen LogP contribution < -0.4 is 5.32 Å². The highest BCUT2D eigenvalue weighted by Crippen LogP contribution is 2.25. The molecule has 0 spiro atoms. The van der Waals surface area contributed by atoms with E-state index in [-0.39, 0.29) is 0 Å². The zero-order valence-corrected chi connectivity index (χ0v) is 12.1. The first-order valence-electron chi connectivity index (χ1n) is 7.83. The maximum atomic E-state index is 3.62. The van der Waals surface area contributed by atoms with Crippen LogP contribution in [0.5, 0.6) is 0 Å². The van der Waals surface area contributed by atoms with Gasteiger partial charge >= 0.3 is 0 Å². The van der Waals surface area contributed by atoms with Gasteiger partial charge in [0.25, 0.3) is 0 Å². The maximum Gasteiger partial charge on any atom is 0.0236 e. The lowest BCUT2D eigenvalue weighted by atomic mass is 9.91. The first kappa shape index (κ1) is 13.1. The summed E-state index contributed by atoms with van der Waals surface area (Å²) >= 11 is 0. The predicted molar refractivity (Wildman–Crippen MR) is 80.3 cm³/mol. The molecule has 1 aromatic carbocycles. The first-order valence-corrected chi connectivity index (χ1v) is 7.83. The molecular weight excluding hydrogens is 232 g/mol. The molecule has 0 saturated heterocycles. The van der Waals surface area contributed by atoms with Crippen LogP contribution in [0.1, 0.15) is 43.2 Å². The van der Waals surface area contributed by atoms with E-state index < -0.39 is 0 Å². The molecule has 0 heterocycles. The monoisotopic (exact) mass is 258 g/mol. The molecule has 2 heteroatoms. The van der Waals surface area contributed by atoms with Crippen LogP contribution in [0.2, 0.25) is 0 Å². The van der Waals surface area contributed by atoms with Crippen molar-refractivity contribution >= 4 is 0 Å². The van der Waals surface area contributed by atoms with Gasteiger partial charge < -0.3 is 5.32 Å². The van der Waals surface area contributed by atoms with E-state index in [9.17, 15) is 0 Å². The number of benzene rings is 1. The molecular formula is C17H26N2. The fourth-order valence-corrected chi connectivity index (χ4v) is 2.88. The van der Waals surface area contributed by atoms with E-state index in [2.05, 4.69) is 41.5 Å². The third-order valence-electron chi connectivity index (χ3n) is 4.64. The molecule has 0 amide bonds. The van der Waals surface area contributed by atoms with Crippen LogP contribution in [0.4, 0.5) is 0 Å². The molecule has 1 N–H and O–H groups in total. The topological polar surface area (TPSA) is 15.3 Å². The van der Waals surface area contributed by atoms with E-state index in [1.54, 1.807) is 0 Å². The van der Waals surface area contributed by atoms with Crippen molar-refractivity contribution in [3.63, 3.8) is 0 Å². The minimum absolute atomic E-state index is 0.824. The van der Waals surface area contributed by atoms with Crippen LogP contribution in [0.3, 0.4) is 0 Å². The highest BCUT2D eigenvalue weighted by atomic mass is 15.1. The van der Waals surface area contributed by atoms with E-state index in [1.807, 2.05) is 0 Å². The van der Waals surface area contributed by atoms with Crippen LogP contribution in [0.15, 0.2) is 24.3 Å². The normalized spacial score (nSPS) is 19.7. The van der Waals surface area contributed by atoms with Gasteiger partial charge in [0.05, 0.1) is 0 Å². The quantitative estimate of drug-likeness (QED) is 0.809. The van der Waals surface area contributed by atoms with Crippen molar-refractivity contribution in [1.82, 2.24) is 10.2 Å². The molecule has 1 aromatic rings. The Bertz CT molecular complexity index is 407. The molecule has 2 aliphatic carbocycles. The molecule has 0 aliphatic heterocycles. The van der Waals surface area contributed by atoms with Gasteiger partial charge in [-0.1, -0.05) is 30.7 Å². The van der Waals surface area contributed by atoms with Gasteiger partial charge in [0.1, 0.15) is 0 Å². The van der Waals surface area contributed by atoms with Gasteiger partial charge in [-0.25, -0.2) is 0 Å². The molecule has 3 rings (SSSR count). The van der Waals surface area contributed by atoms with Crippen molar-refractivity contribution < 1.29 is 0 Å². The minimum atomic E-state index is 0.824. The zero-order valence-electron chi connectivity index (χ0n) is 12.1. The first-order chi connectivity index (χ1) is 9.33. The van der Waals surface area contributed by atoms with Crippen molar-refractivity contribution in [3.05, 3.63) is 35.4 Å². The molecule has 104 valence electrons. The highest BCUT2D eigenvalue weighted by molar-refractivity contribution is 5.27. The third-order valence-corrected chi connectivity index (χ3v) is 4.64. The van der Waals surface area contributed by atoms with Crippen molar-refractivity contribution in [2.75, 3.05) is 13.6 Å². The van der Waals surface area contributed by atoms with E-state index in [1.165, 1.54) is 49.7 Å². The SMILES string of the molecule is CN(Cc1ccccc1CCNC1CC1)C1CCC1. The standard InChI is InChI=1S/C17H26N2/c1-19(17-7-4-8-17)13-15-6-3-2-5-14(15)11-12-18-16-9-10-16/h2-3,5-6,16-18H,4,7-13H2,1H3. The average molecular weight is 258 g/mol. The second kappa shape index (κ2) is 6.06. The Balaban J connectivity index is 1.55. The Hall–Kier alpha value is -0.860. The molecule has 2 aliphatic rings. The number of hydrogen-bond donors (Lipinski definition) is 1. The van der Waals surface area contributed by atoms with Crippen molar-refractivity contribution in [3.8, 4) is 0 Å². The molecule has 0 atom stereocenters. The van der Waals surface area contributed by atoms with Crippen molar-refractivity contribution in [1.29, 1.82) is 0 Å². The second-order valence-electron chi connectivity index (χ2n) is 6.25. The molecule has 0 radical (unpaired) electrons. The molecule has 19 heavy (non-hydrogen) atoms. The van der Waals surface area contributed by atoms with E-state index in [0.717, 1.165) is 25.2 Å². The molecule has 2 nitrogen and oxygen atoms in total. The summed E-state index contributed by atoms with van der Waals surface area (Å²) in [5.74, 6) is 0. The van der Waals surface area contributed by atoms with Gasteiger partial charge in [0, 0.05) is 18.6 Å². The lowest BCUT2D eigenvalue weighted by Crippen LogP contribution is -2.36. The number of nitrogens with zero attached hydrogens (tertiary/aromatic N) is 1. The number of nitrogens with one attached hydrogen (secondary N) is 1. The fourth-order valence-electron chi connectivity index (χ4n) is 2.88. The van der Waals surface area contributed by atoms with Gasteiger partial charge in [-0.3, -0.25) is 4.90 Å². The summed E-state index contributed by atoms with van der Waals surface area (Å²) in [6.45, 7) is 2.25. The number of hydrogen-bond acceptors (Lipinski definition) is 2. The van der Waals surface area contributed by atoms with Gasteiger partial charge in [0.2, 0.25) is 0 Å². The third kappa shape index (κ3) is 3.58. The molecule has 2 saturated carbocycles. The Morgan fingerprint density at radius 1 is 1.11 bits per heavy atom. The van der Waals surface area contributed by atoms with Crippen LogP contribution in [0, 0.1) is 0 Å². The number of rotatable bonds is 7. The van der Waals surface area contributed by atoms with E-state index in [0.29, 0.717) is 0 Å². The smallest absolute Gasteiger partial charge is 0.0236 e.